The van der Waals surface area contributed by atoms with Gasteiger partial charge in [0, 0.05) is 7.11 Å². The molecule has 0 aliphatic carbocycles. The molecule has 0 heterocycles. The van der Waals surface area contributed by atoms with Crippen LogP contribution in [-0.4, -0.2) is 19.9 Å². The van der Waals surface area contributed by atoms with Gasteiger partial charge in [-0.1, -0.05) is 0 Å². The van der Waals surface area contributed by atoms with Gasteiger partial charge in [0.2, 0.25) is 5.83 Å². The van der Waals surface area contributed by atoms with Crippen LogP contribution in [0.5, 0.6) is 0 Å². The van der Waals surface area contributed by atoms with Gasteiger partial charge in [-0.3, -0.25) is 0 Å². The highest BCUT2D eigenvalue weighted by Gasteiger charge is 2.37. The number of methoxy groups -OCH3 is 1. The molecule has 0 radical (unpaired) electrons. The number of hydrogen-bond acceptors (Lipinski definition) is 1. The second kappa shape index (κ2) is 3.66. The molecule has 0 rings (SSSR count). The Morgan fingerprint density at radius 3 is 2.00 bits per heavy atom. The molecule has 0 aromatic carbocycles. The van der Waals surface area contributed by atoms with Crippen molar-refractivity contribution in [1.29, 1.82) is 0 Å². The van der Waals surface area contributed by atoms with Crippen molar-refractivity contribution in [1.82, 2.24) is 0 Å². The highest BCUT2D eigenvalue weighted by Crippen LogP contribution is 2.29. The van der Waals surface area contributed by atoms with Crippen LogP contribution in [0.25, 0.3) is 0 Å². The highest BCUT2D eigenvalue weighted by atomic mass is 19.4. The third kappa shape index (κ3) is 3.31. The second-order valence-corrected chi connectivity index (χ2v) is 1.65. The molecule has 0 N–H and O–H groups in total. The minimum atomic E-state index is -5.26. The maximum Gasteiger partial charge on any atom is 0.445 e. The summed E-state index contributed by atoms with van der Waals surface area (Å²) in [5.41, 5.74) is 0. The van der Waals surface area contributed by atoms with Crippen molar-refractivity contribution < 1.29 is 26.7 Å². The molecule has 0 amide bonds. The van der Waals surface area contributed by atoms with Crippen LogP contribution in [0, 0.1) is 0 Å². The first-order chi connectivity index (χ1) is 4.89. The van der Waals surface area contributed by atoms with E-state index >= 15 is 0 Å². The van der Waals surface area contributed by atoms with Gasteiger partial charge >= 0.3 is 6.18 Å². The second-order valence-electron chi connectivity index (χ2n) is 1.65. The first-order valence-corrected chi connectivity index (χ1v) is 2.50. The SMILES string of the molecule is COCC(F)=C(F)C(F)(F)F. The van der Waals surface area contributed by atoms with E-state index in [1.807, 2.05) is 0 Å². The molecule has 11 heavy (non-hydrogen) atoms. The Morgan fingerprint density at radius 2 is 1.73 bits per heavy atom. The molecule has 0 aliphatic heterocycles. The molecule has 0 bridgehead atoms. The molecule has 0 fully saturated rings. The first-order valence-electron chi connectivity index (χ1n) is 2.50. The number of hydrogen-bond donors (Lipinski definition) is 0. The van der Waals surface area contributed by atoms with Crippen LogP contribution < -0.4 is 0 Å². The molecular formula is C5H5F5O. The standard InChI is InChI=1S/C5H5F5O/c1-11-2-3(6)4(7)5(8,9)10/h2H2,1H3. The minimum absolute atomic E-state index is 0.962. The van der Waals surface area contributed by atoms with Crippen LogP contribution in [0.15, 0.2) is 11.7 Å². The average Bonchev–Trinajstić information content (AvgIpc) is 1.85. The van der Waals surface area contributed by atoms with E-state index in [9.17, 15) is 22.0 Å². The Hall–Kier alpha value is -0.650. The predicted molar refractivity (Wildman–Crippen MR) is 27.2 cm³/mol. The minimum Gasteiger partial charge on any atom is -0.377 e. The van der Waals surface area contributed by atoms with Crippen molar-refractivity contribution in [2.75, 3.05) is 13.7 Å². The predicted octanol–water partition coefficient (Wildman–Crippen LogP) is 2.35. The number of allylic oxidation sites excluding steroid dienone is 1. The molecule has 6 heteroatoms. The van der Waals surface area contributed by atoms with Crippen molar-refractivity contribution in [2.24, 2.45) is 0 Å². The zero-order valence-electron chi connectivity index (χ0n) is 5.51. The van der Waals surface area contributed by atoms with Crippen molar-refractivity contribution >= 4 is 0 Å². The summed E-state index contributed by atoms with van der Waals surface area (Å²) in [4.78, 5) is 0. The summed E-state index contributed by atoms with van der Waals surface area (Å²) in [7, 11) is 0.962. The lowest BCUT2D eigenvalue weighted by molar-refractivity contribution is -0.112. The van der Waals surface area contributed by atoms with Gasteiger partial charge in [0.05, 0.1) is 0 Å². The van der Waals surface area contributed by atoms with Crippen LogP contribution in [0.3, 0.4) is 0 Å². The highest BCUT2D eigenvalue weighted by molar-refractivity contribution is 5.05. The van der Waals surface area contributed by atoms with Crippen LogP contribution >= 0.6 is 0 Å². The zero-order chi connectivity index (χ0) is 9.07. The van der Waals surface area contributed by atoms with Crippen LogP contribution in [0.2, 0.25) is 0 Å². The van der Waals surface area contributed by atoms with Gasteiger partial charge in [0.25, 0.3) is 0 Å². The van der Waals surface area contributed by atoms with E-state index in [0.29, 0.717) is 0 Å². The Bertz CT molecular complexity index is 159. The summed E-state index contributed by atoms with van der Waals surface area (Å²) in [5.74, 6) is -4.68. The molecule has 0 spiro atoms. The summed E-state index contributed by atoms with van der Waals surface area (Å²) >= 11 is 0. The van der Waals surface area contributed by atoms with Crippen LogP contribution in [0.1, 0.15) is 0 Å². The summed E-state index contributed by atoms with van der Waals surface area (Å²) in [6, 6.07) is 0. The molecular weight excluding hydrogens is 171 g/mol. The summed E-state index contributed by atoms with van der Waals surface area (Å²) in [6.07, 6.45) is -5.26. The van der Waals surface area contributed by atoms with Gasteiger partial charge in [0.1, 0.15) is 6.61 Å². The molecule has 0 unspecified atom stereocenters. The maximum atomic E-state index is 12.0. The van der Waals surface area contributed by atoms with E-state index in [1.54, 1.807) is 0 Å². The van der Waals surface area contributed by atoms with Crippen molar-refractivity contribution in [3.63, 3.8) is 0 Å². The lowest BCUT2D eigenvalue weighted by Gasteiger charge is -2.03. The fraction of sp³-hybridized carbons (Fsp3) is 0.600. The Kier molecular flexibility index (Phi) is 3.44. The Labute approximate surface area is 59.5 Å². The van der Waals surface area contributed by atoms with Gasteiger partial charge in [-0.15, -0.1) is 0 Å². The van der Waals surface area contributed by atoms with E-state index < -0.39 is 24.4 Å². The molecule has 0 atom stereocenters. The summed E-state index contributed by atoms with van der Waals surface area (Å²) in [5, 5.41) is 0. The molecule has 0 aromatic heterocycles. The Balaban J connectivity index is 4.39. The summed E-state index contributed by atoms with van der Waals surface area (Å²) < 4.78 is 61.6. The van der Waals surface area contributed by atoms with Crippen molar-refractivity contribution in [3.8, 4) is 0 Å². The number of alkyl halides is 3. The number of rotatable bonds is 2. The van der Waals surface area contributed by atoms with Crippen molar-refractivity contribution in [3.05, 3.63) is 11.7 Å². The third-order valence-electron chi connectivity index (χ3n) is 0.758. The monoisotopic (exact) mass is 176 g/mol. The Morgan fingerprint density at radius 1 is 1.27 bits per heavy atom. The topological polar surface area (TPSA) is 9.23 Å². The van der Waals surface area contributed by atoms with E-state index in [-0.39, 0.29) is 0 Å². The molecule has 0 saturated carbocycles. The van der Waals surface area contributed by atoms with Crippen molar-refractivity contribution in [2.45, 2.75) is 6.18 Å². The molecule has 66 valence electrons. The lowest BCUT2D eigenvalue weighted by atomic mass is 10.4. The number of ether oxygens (including phenoxy) is 1. The smallest absolute Gasteiger partial charge is 0.377 e. The van der Waals surface area contributed by atoms with Crippen LogP contribution in [-0.2, 0) is 4.74 Å². The van der Waals surface area contributed by atoms with Gasteiger partial charge in [-0.25, -0.2) is 4.39 Å². The molecule has 1 nitrogen and oxygen atoms in total. The van der Waals surface area contributed by atoms with Gasteiger partial charge in [0.15, 0.2) is 5.83 Å². The largest absolute Gasteiger partial charge is 0.445 e. The van der Waals surface area contributed by atoms with E-state index in [0.717, 1.165) is 7.11 Å². The molecule has 0 saturated heterocycles. The first kappa shape index (κ1) is 10.3. The fourth-order valence-corrected chi connectivity index (χ4v) is 0.344. The normalized spacial score (nSPS) is 14.7. The van der Waals surface area contributed by atoms with Crippen LogP contribution in [0.4, 0.5) is 22.0 Å². The zero-order valence-corrected chi connectivity index (χ0v) is 5.51. The van der Waals surface area contributed by atoms with E-state index in [2.05, 4.69) is 4.74 Å². The quantitative estimate of drug-likeness (QED) is 0.586. The number of halogens is 5. The maximum absolute atomic E-state index is 12.0. The third-order valence-corrected chi connectivity index (χ3v) is 0.758. The molecule has 0 aromatic rings. The van der Waals surface area contributed by atoms with Gasteiger partial charge < -0.3 is 4.74 Å². The van der Waals surface area contributed by atoms with E-state index in [1.165, 1.54) is 0 Å². The lowest BCUT2D eigenvalue weighted by Crippen LogP contribution is -2.11. The molecule has 0 aliphatic rings. The van der Waals surface area contributed by atoms with Gasteiger partial charge in [-0.05, 0) is 0 Å². The fourth-order valence-electron chi connectivity index (χ4n) is 0.344. The average molecular weight is 176 g/mol. The summed E-state index contributed by atoms with van der Waals surface area (Å²) in [6.45, 7) is -1.01. The van der Waals surface area contributed by atoms with Gasteiger partial charge in [-0.2, -0.15) is 17.6 Å². The van der Waals surface area contributed by atoms with E-state index in [4.69, 9.17) is 0 Å².